The van der Waals surface area contributed by atoms with Gasteiger partial charge in [0.25, 0.3) is 5.56 Å². The van der Waals surface area contributed by atoms with E-state index in [1.807, 2.05) is 41.8 Å². The first-order valence-corrected chi connectivity index (χ1v) is 11.5. The monoisotopic (exact) mass is 443 g/mol. The van der Waals surface area contributed by atoms with E-state index in [1.165, 1.54) is 14.7 Å². The van der Waals surface area contributed by atoms with Gasteiger partial charge in [-0.25, -0.2) is 4.79 Å². The zero-order chi connectivity index (χ0) is 23.1. The summed E-state index contributed by atoms with van der Waals surface area (Å²) in [6, 6.07) is 18.3. The number of aromatic nitrogens is 4. The molecule has 1 aliphatic rings. The van der Waals surface area contributed by atoms with Gasteiger partial charge in [-0.05, 0) is 30.4 Å². The van der Waals surface area contributed by atoms with Gasteiger partial charge in [-0.15, -0.1) is 0 Å². The number of rotatable bonds is 5. The van der Waals surface area contributed by atoms with Gasteiger partial charge in [-0.3, -0.25) is 13.9 Å². The van der Waals surface area contributed by atoms with Crippen molar-refractivity contribution in [3.63, 3.8) is 0 Å². The second kappa shape index (κ2) is 8.39. The van der Waals surface area contributed by atoms with E-state index in [4.69, 9.17) is 4.98 Å². The van der Waals surface area contributed by atoms with Gasteiger partial charge in [0.2, 0.25) is 5.95 Å². The highest BCUT2D eigenvalue weighted by Gasteiger charge is 2.28. The Labute approximate surface area is 192 Å². The minimum Gasteiger partial charge on any atom is -0.342 e. The van der Waals surface area contributed by atoms with Gasteiger partial charge in [-0.1, -0.05) is 67.1 Å². The standard InChI is InChI=1S/C26H29N5O2/c1-18-8-7-11-21(14-18)17-31-24(32)22-23(28(3)26(31)33)27-25-29(15-19(2)16-30(22)25)13-12-20-9-5-4-6-10-20/h4-11,14,19H,12-13,15-17H2,1-3H3/t19-/m1/s1. The molecule has 0 radical (unpaired) electrons. The van der Waals surface area contributed by atoms with Crippen molar-refractivity contribution in [2.24, 2.45) is 13.0 Å². The second-order valence-electron chi connectivity index (χ2n) is 9.20. The fourth-order valence-corrected chi connectivity index (χ4v) is 4.83. The van der Waals surface area contributed by atoms with E-state index in [9.17, 15) is 9.59 Å². The molecule has 7 nitrogen and oxygen atoms in total. The number of fused-ring (bicyclic) bond motifs is 3. The summed E-state index contributed by atoms with van der Waals surface area (Å²) in [4.78, 5) is 33.8. The lowest BCUT2D eigenvalue weighted by molar-refractivity contribution is 0.437. The molecular formula is C26H29N5O2. The van der Waals surface area contributed by atoms with Crippen molar-refractivity contribution >= 4 is 17.1 Å². The van der Waals surface area contributed by atoms with E-state index in [2.05, 4.69) is 36.1 Å². The van der Waals surface area contributed by atoms with Gasteiger partial charge in [0.05, 0.1) is 6.54 Å². The summed E-state index contributed by atoms with van der Waals surface area (Å²) in [5, 5.41) is 0. The van der Waals surface area contributed by atoms with E-state index < -0.39 is 0 Å². The highest BCUT2D eigenvalue weighted by molar-refractivity contribution is 5.75. The molecule has 0 unspecified atom stereocenters. The van der Waals surface area contributed by atoms with Gasteiger partial charge < -0.3 is 9.47 Å². The van der Waals surface area contributed by atoms with Crippen LogP contribution in [0.2, 0.25) is 0 Å². The molecule has 2 aromatic carbocycles. The number of nitrogens with zero attached hydrogens (tertiary/aromatic N) is 5. The van der Waals surface area contributed by atoms with E-state index in [-0.39, 0.29) is 17.8 Å². The van der Waals surface area contributed by atoms with Crippen LogP contribution in [0, 0.1) is 12.8 Å². The van der Waals surface area contributed by atoms with Crippen LogP contribution in [-0.4, -0.2) is 31.8 Å². The molecule has 2 aromatic heterocycles. The maximum atomic E-state index is 13.6. The summed E-state index contributed by atoms with van der Waals surface area (Å²) in [5.41, 5.74) is 3.66. The van der Waals surface area contributed by atoms with Crippen molar-refractivity contribution < 1.29 is 0 Å². The molecule has 0 bridgehead atoms. The van der Waals surface area contributed by atoms with E-state index in [0.29, 0.717) is 23.6 Å². The molecule has 0 spiro atoms. The lowest BCUT2D eigenvalue weighted by atomic mass is 10.1. The highest BCUT2D eigenvalue weighted by atomic mass is 16.2. The Hall–Kier alpha value is -3.61. The molecule has 4 aromatic rings. The van der Waals surface area contributed by atoms with Crippen LogP contribution < -0.4 is 16.1 Å². The Morgan fingerprint density at radius 2 is 1.76 bits per heavy atom. The fraction of sp³-hybridized carbons (Fsp3) is 0.346. The number of aryl methyl sites for hydroxylation is 2. The summed E-state index contributed by atoms with van der Waals surface area (Å²) in [5.74, 6) is 1.15. The summed E-state index contributed by atoms with van der Waals surface area (Å²) in [6.07, 6.45) is 0.896. The summed E-state index contributed by atoms with van der Waals surface area (Å²) in [7, 11) is 1.70. The number of benzene rings is 2. The summed E-state index contributed by atoms with van der Waals surface area (Å²) in [6.45, 7) is 6.84. The molecule has 3 heterocycles. The Morgan fingerprint density at radius 3 is 2.52 bits per heavy atom. The number of hydrogen-bond acceptors (Lipinski definition) is 4. The second-order valence-corrected chi connectivity index (χ2v) is 9.20. The quantitative estimate of drug-likeness (QED) is 0.476. The molecular weight excluding hydrogens is 414 g/mol. The topological polar surface area (TPSA) is 65.1 Å². The third-order valence-electron chi connectivity index (χ3n) is 6.46. The van der Waals surface area contributed by atoms with Crippen LogP contribution in [0.3, 0.4) is 0 Å². The van der Waals surface area contributed by atoms with Gasteiger partial charge in [0, 0.05) is 26.7 Å². The van der Waals surface area contributed by atoms with Gasteiger partial charge in [0.1, 0.15) is 0 Å². The Balaban J connectivity index is 1.59. The lowest BCUT2D eigenvalue weighted by Crippen LogP contribution is -2.41. The predicted octanol–water partition coefficient (Wildman–Crippen LogP) is 2.95. The molecule has 0 amide bonds. The molecule has 33 heavy (non-hydrogen) atoms. The van der Waals surface area contributed by atoms with E-state index >= 15 is 0 Å². The van der Waals surface area contributed by atoms with Crippen molar-refractivity contribution in [1.29, 1.82) is 0 Å². The van der Waals surface area contributed by atoms with Crippen LogP contribution in [0.15, 0.2) is 64.2 Å². The number of imidazole rings is 1. The minimum absolute atomic E-state index is 0.247. The molecule has 0 saturated carbocycles. The SMILES string of the molecule is Cc1cccc(Cn2c(=O)c3c(nc4n3C[C@H](C)CN4CCc3ccccc3)n(C)c2=O)c1. The smallest absolute Gasteiger partial charge is 0.332 e. The van der Waals surface area contributed by atoms with Crippen molar-refractivity contribution in [2.75, 3.05) is 18.0 Å². The van der Waals surface area contributed by atoms with Crippen LogP contribution in [0.25, 0.3) is 11.2 Å². The van der Waals surface area contributed by atoms with Crippen molar-refractivity contribution in [1.82, 2.24) is 18.7 Å². The van der Waals surface area contributed by atoms with Crippen molar-refractivity contribution in [3.8, 4) is 0 Å². The first-order valence-electron chi connectivity index (χ1n) is 11.5. The maximum Gasteiger partial charge on any atom is 0.332 e. The third kappa shape index (κ3) is 3.88. The fourth-order valence-electron chi connectivity index (χ4n) is 4.83. The Kier molecular flexibility index (Phi) is 5.40. The molecule has 1 aliphatic heterocycles. The predicted molar refractivity (Wildman–Crippen MR) is 131 cm³/mol. The van der Waals surface area contributed by atoms with E-state index in [1.54, 1.807) is 7.05 Å². The van der Waals surface area contributed by atoms with Gasteiger partial charge >= 0.3 is 5.69 Å². The third-order valence-corrected chi connectivity index (χ3v) is 6.46. The summed E-state index contributed by atoms with van der Waals surface area (Å²) < 4.78 is 4.86. The molecule has 0 N–H and O–H groups in total. The van der Waals surface area contributed by atoms with Crippen LogP contribution in [0.1, 0.15) is 23.6 Å². The average molecular weight is 444 g/mol. The van der Waals surface area contributed by atoms with Crippen molar-refractivity contribution in [3.05, 3.63) is 92.1 Å². The molecule has 5 rings (SSSR count). The normalized spacial score (nSPS) is 15.7. The Morgan fingerprint density at radius 1 is 1.00 bits per heavy atom. The van der Waals surface area contributed by atoms with Crippen LogP contribution in [-0.2, 0) is 26.6 Å². The molecule has 0 aliphatic carbocycles. The molecule has 0 fully saturated rings. The molecule has 7 heteroatoms. The molecule has 1 atom stereocenters. The first kappa shape index (κ1) is 21.2. The Bertz CT molecular complexity index is 1430. The summed E-state index contributed by atoms with van der Waals surface area (Å²) >= 11 is 0. The number of anilines is 1. The minimum atomic E-state index is -0.340. The van der Waals surface area contributed by atoms with E-state index in [0.717, 1.165) is 36.6 Å². The average Bonchev–Trinajstić information content (AvgIpc) is 3.19. The van der Waals surface area contributed by atoms with Crippen LogP contribution in [0.4, 0.5) is 5.95 Å². The first-order chi connectivity index (χ1) is 15.9. The lowest BCUT2D eigenvalue weighted by Gasteiger charge is -2.33. The van der Waals surface area contributed by atoms with Crippen LogP contribution in [0.5, 0.6) is 0 Å². The zero-order valence-corrected chi connectivity index (χ0v) is 19.4. The van der Waals surface area contributed by atoms with Crippen LogP contribution >= 0.6 is 0 Å². The highest BCUT2D eigenvalue weighted by Crippen LogP contribution is 2.27. The zero-order valence-electron chi connectivity index (χ0n) is 19.4. The molecule has 0 saturated heterocycles. The number of hydrogen-bond donors (Lipinski definition) is 0. The van der Waals surface area contributed by atoms with Crippen molar-refractivity contribution in [2.45, 2.75) is 33.4 Å². The maximum absolute atomic E-state index is 13.6. The van der Waals surface area contributed by atoms with Gasteiger partial charge in [0.15, 0.2) is 11.2 Å². The largest absolute Gasteiger partial charge is 0.342 e. The van der Waals surface area contributed by atoms with Gasteiger partial charge in [-0.2, -0.15) is 4.98 Å². The molecule has 170 valence electrons.